The van der Waals surface area contributed by atoms with Gasteiger partial charge in [0.15, 0.2) is 0 Å². The highest BCUT2D eigenvalue weighted by Gasteiger charge is 2.29. The summed E-state index contributed by atoms with van der Waals surface area (Å²) >= 11 is 11.9. The van der Waals surface area contributed by atoms with Crippen LogP contribution in [0.4, 0.5) is 4.39 Å². The van der Waals surface area contributed by atoms with E-state index in [0.29, 0.717) is 23.0 Å². The molecule has 0 amide bonds. The molecule has 16 heavy (non-hydrogen) atoms. The van der Waals surface area contributed by atoms with Crippen LogP contribution in [0.2, 0.25) is 5.02 Å². The second-order valence-electron chi connectivity index (χ2n) is 4.22. The van der Waals surface area contributed by atoms with Crippen molar-refractivity contribution in [2.75, 3.05) is 6.54 Å². The van der Waals surface area contributed by atoms with E-state index >= 15 is 0 Å². The molecule has 1 atom stereocenters. The summed E-state index contributed by atoms with van der Waals surface area (Å²) in [5.41, 5.74) is 0.590. The fourth-order valence-electron chi connectivity index (χ4n) is 1.65. The third-order valence-corrected chi connectivity index (χ3v) is 3.54. The van der Waals surface area contributed by atoms with Crippen LogP contribution in [0.5, 0.6) is 0 Å². The van der Waals surface area contributed by atoms with Crippen molar-refractivity contribution in [2.24, 2.45) is 5.92 Å². The van der Waals surface area contributed by atoms with Crippen LogP contribution in [0.25, 0.3) is 0 Å². The third-order valence-electron chi connectivity index (χ3n) is 2.80. The molecule has 0 heterocycles. The number of hydrogen-bond acceptors (Lipinski definition) is 1. The Kier molecular flexibility index (Phi) is 4.06. The maximum Gasteiger partial charge on any atom is 0.127 e. The first kappa shape index (κ1) is 12.2. The molecule has 1 N–H and O–H groups in total. The van der Waals surface area contributed by atoms with Crippen molar-refractivity contribution in [3.8, 4) is 0 Å². The average Bonchev–Trinajstić information content (AvgIpc) is 3.06. The van der Waals surface area contributed by atoms with Gasteiger partial charge in [0.1, 0.15) is 5.82 Å². The molecular formula is C12H14Cl2FN. The van der Waals surface area contributed by atoms with Crippen LogP contribution in [-0.2, 0) is 6.54 Å². The second-order valence-corrected chi connectivity index (χ2v) is 5.22. The monoisotopic (exact) mass is 261 g/mol. The van der Waals surface area contributed by atoms with Gasteiger partial charge in [0.2, 0.25) is 0 Å². The summed E-state index contributed by atoms with van der Waals surface area (Å²) in [6.07, 6.45) is 2.45. The molecule has 1 unspecified atom stereocenters. The topological polar surface area (TPSA) is 12.0 Å². The first-order chi connectivity index (χ1) is 7.66. The fraction of sp³-hybridized carbons (Fsp3) is 0.500. The number of halogens is 3. The molecular weight excluding hydrogens is 248 g/mol. The zero-order valence-corrected chi connectivity index (χ0v) is 10.4. The molecule has 0 aromatic heterocycles. The SMILES string of the molecule is Fc1ccc(Cl)cc1CNCC(Cl)C1CC1. The van der Waals surface area contributed by atoms with Crippen molar-refractivity contribution in [1.82, 2.24) is 5.32 Å². The van der Waals surface area contributed by atoms with Gasteiger partial charge in [-0.1, -0.05) is 11.6 Å². The summed E-state index contributed by atoms with van der Waals surface area (Å²) in [5, 5.41) is 3.89. The van der Waals surface area contributed by atoms with E-state index in [4.69, 9.17) is 23.2 Å². The molecule has 0 aliphatic heterocycles. The molecule has 1 nitrogen and oxygen atoms in total. The summed E-state index contributed by atoms with van der Waals surface area (Å²) in [5.74, 6) is 0.424. The molecule has 1 aliphatic carbocycles. The van der Waals surface area contributed by atoms with Gasteiger partial charge >= 0.3 is 0 Å². The molecule has 0 bridgehead atoms. The standard InChI is InChI=1S/C12H14Cl2FN/c13-10-3-4-12(15)9(5-10)6-16-7-11(14)8-1-2-8/h3-5,8,11,16H,1-2,6-7H2. The zero-order chi connectivity index (χ0) is 11.5. The predicted octanol–water partition coefficient (Wildman–Crippen LogP) is 3.59. The first-order valence-corrected chi connectivity index (χ1v) is 6.27. The van der Waals surface area contributed by atoms with Gasteiger partial charge < -0.3 is 5.32 Å². The molecule has 1 aliphatic rings. The summed E-state index contributed by atoms with van der Waals surface area (Å²) in [6.45, 7) is 1.19. The molecule has 1 fully saturated rings. The maximum atomic E-state index is 13.3. The van der Waals surface area contributed by atoms with Crippen LogP contribution < -0.4 is 5.32 Å². The summed E-state index contributed by atoms with van der Waals surface area (Å²) in [7, 11) is 0. The summed E-state index contributed by atoms with van der Waals surface area (Å²) < 4.78 is 13.3. The summed E-state index contributed by atoms with van der Waals surface area (Å²) in [4.78, 5) is 0. The first-order valence-electron chi connectivity index (χ1n) is 5.45. The van der Waals surface area contributed by atoms with Crippen molar-refractivity contribution >= 4 is 23.2 Å². The highest BCUT2D eigenvalue weighted by molar-refractivity contribution is 6.30. The molecule has 2 rings (SSSR count). The van der Waals surface area contributed by atoms with Gasteiger partial charge in [-0.3, -0.25) is 0 Å². The molecule has 4 heteroatoms. The van der Waals surface area contributed by atoms with Gasteiger partial charge in [-0.2, -0.15) is 0 Å². The molecule has 0 saturated heterocycles. The zero-order valence-electron chi connectivity index (χ0n) is 8.85. The average molecular weight is 262 g/mol. The molecule has 0 radical (unpaired) electrons. The van der Waals surface area contributed by atoms with Crippen molar-refractivity contribution in [3.05, 3.63) is 34.6 Å². The largest absolute Gasteiger partial charge is 0.311 e. The quantitative estimate of drug-likeness (QED) is 0.799. The minimum Gasteiger partial charge on any atom is -0.311 e. The lowest BCUT2D eigenvalue weighted by molar-refractivity contribution is 0.574. The highest BCUT2D eigenvalue weighted by atomic mass is 35.5. The third kappa shape index (κ3) is 3.34. The van der Waals surface area contributed by atoms with Crippen LogP contribution in [0.1, 0.15) is 18.4 Å². The van der Waals surface area contributed by atoms with E-state index in [1.165, 1.54) is 18.9 Å². The second kappa shape index (κ2) is 5.35. The van der Waals surface area contributed by atoms with E-state index in [0.717, 1.165) is 6.54 Å². The van der Waals surface area contributed by atoms with E-state index < -0.39 is 0 Å². The number of rotatable bonds is 5. The van der Waals surface area contributed by atoms with Crippen molar-refractivity contribution in [3.63, 3.8) is 0 Å². The van der Waals surface area contributed by atoms with Gasteiger partial charge in [0.25, 0.3) is 0 Å². The van der Waals surface area contributed by atoms with Gasteiger partial charge in [0, 0.05) is 29.1 Å². The number of benzene rings is 1. The Labute approximate surface area is 105 Å². The lowest BCUT2D eigenvalue weighted by Crippen LogP contribution is -2.24. The van der Waals surface area contributed by atoms with Crippen LogP contribution in [0.3, 0.4) is 0 Å². The molecule has 0 spiro atoms. The van der Waals surface area contributed by atoms with E-state index in [2.05, 4.69) is 5.32 Å². The smallest absolute Gasteiger partial charge is 0.127 e. The lowest BCUT2D eigenvalue weighted by Gasteiger charge is -2.10. The molecule has 88 valence electrons. The number of alkyl halides is 1. The van der Waals surface area contributed by atoms with Gasteiger partial charge in [-0.25, -0.2) is 4.39 Å². The Morgan fingerprint density at radius 2 is 2.19 bits per heavy atom. The fourth-order valence-corrected chi connectivity index (χ4v) is 2.20. The van der Waals surface area contributed by atoms with Gasteiger partial charge in [0.05, 0.1) is 0 Å². The van der Waals surface area contributed by atoms with Crippen molar-refractivity contribution in [2.45, 2.75) is 24.8 Å². The predicted molar refractivity (Wildman–Crippen MR) is 65.5 cm³/mol. The summed E-state index contributed by atoms with van der Waals surface area (Å²) in [6, 6.07) is 4.58. The Balaban J connectivity index is 1.81. The number of nitrogens with one attached hydrogen (secondary N) is 1. The lowest BCUT2D eigenvalue weighted by atomic mass is 10.2. The Morgan fingerprint density at radius 3 is 2.88 bits per heavy atom. The van der Waals surface area contributed by atoms with Crippen LogP contribution in [-0.4, -0.2) is 11.9 Å². The van der Waals surface area contributed by atoms with Crippen LogP contribution >= 0.6 is 23.2 Å². The van der Waals surface area contributed by atoms with Crippen molar-refractivity contribution < 1.29 is 4.39 Å². The van der Waals surface area contributed by atoms with Crippen molar-refractivity contribution in [1.29, 1.82) is 0 Å². The van der Waals surface area contributed by atoms with Crippen LogP contribution in [0, 0.1) is 11.7 Å². The minimum absolute atomic E-state index is 0.169. The van der Waals surface area contributed by atoms with E-state index in [1.807, 2.05) is 0 Å². The highest BCUT2D eigenvalue weighted by Crippen LogP contribution is 2.35. The van der Waals surface area contributed by atoms with Crippen LogP contribution in [0.15, 0.2) is 18.2 Å². The molecule has 1 aromatic rings. The normalized spacial score (nSPS) is 17.4. The molecule has 1 aromatic carbocycles. The Bertz CT molecular complexity index is 366. The Hall–Kier alpha value is -0.310. The number of hydrogen-bond donors (Lipinski definition) is 1. The minimum atomic E-state index is -0.227. The van der Waals surface area contributed by atoms with E-state index in [-0.39, 0.29) is 11.2 Å². The van der Waals surface area contributed by atoms with E-state index in [9.17, 15) is 4.39 Å². The Morgan fingerprint density at radius 1 is 1.44 bits per heavy atom. The van der Waals surface area contributed by atoms with E-state index in [1.54, 1.807) is 12.1 Å². The van der Waals surface area contributed by atoms with Gasteiger partial charge in [-0.05, 0) is 37.0 Å². The van der Waals surface area contributed by atoms with Gasteiger partial charge in [-0.15, -0.1) is 11.6 Å². The maximum absolute atomic E-state index is 13.3. The molecule has 1 saturated carbocycles.